The van der Waals surface area contributed by atoms with Crippen molar-refractivity contribution >= 4 is 0 Å². The van der Waals surface area contributed by atoms with Crippen molar-refractivity contribution in [3.8, 4) is 0 Å². The van der Waals surface area contributed by atoms with Crippen molar-refractivity contribution in [2.24, 2.45) is 0 Å². The minimum atomic E-state index is 0.249. The Kier molecular flexibility index (Phi) is 5.50. The Morgan fingerprint density at radius 2 is 1.88 bits per heavy atom. The van der Waals surface area contributed by atoms with Gasteiger partial charge in [0.2, 0.25) is 0 Å². The number of hydrogen-bond donors (Lipinski definition) is 2. The zero-order valence-electron chi connectivity index (χ0n) is 10.5. The molecule has 0 saturated carbocycles. The zero-order valence-corrected chi connectivity index (χ0v) is 10.5. The van der Waals surface area contributed by atoms with Crippen LogP contribution in [-0.2, 0) is 0 Å². The number of nitrogens with one attached hydrogen (secondary N) is 1. The van der Waals surface area contributed by atoms with Crippen molar-refractivity contribution in [2.75, 3.05) is 6.61 Å². The van der Waals surface area contributed by atoms with Crippen LogP contribution < -0.4 is 5.32 Å². The minimum Gasteiger partial charge on any atom is -0.396 e. The highest BCUT2D eigenvalue weighted by Crippen LogP contribution is 2.18. The van der Waals surface area contributed by atoms with Crippen LogP contribution in [-0.4, -0.2) is 17.8 Å². The molecule has 90 valence electrons. The first-order valence-corrected chi connectivity index (χ1v) is 6.10. The van der Waals surface area contributed by atoms with Gasteiger partial charge in [-0.1, -0.05) is 36.8 Å². The number of benzene rings is 1. The Bertz CT molecular complexity index is 294. The Morgan fingerprint density at radius 3 is 2.38 bits per heavy atom. The van der Waals surface area contributed by atoms with Crippen LogP contribution in [0.25, 0.3) is 0 Å². The molecule has 0 saturated heterocycles. The zero-order chi connectivity index (χ0) is 12.0. The second kappa shape index (κ2) is 6.66. The third-order valence-electron chi connectivity index (χ3n) is 2.94. The molecule has 0 amide bonds. The summed E-state index contributed by atoms with van der Waals surface area (Å²) in [5, 5.41) is 12.4. The predicted octanol–water partition coefficient (Wildman–Crippen LogP) is 2.81. The summed E-state index contributed by atoms with van der Waals surface area (Å²) in [6.45, 7) is 6.65. The second-order valence-electron chi connectivity index (χ2n) is 4.45. The topological polar surface area (TPSA) is 32.3 Å². The third kappa shape index (κ3) is 3.95. The molecule has 1 aromatic carbocycles. The van der Waals surface area contributed by atoms with Crippen LogP contribution in [0.4, 0.5) is 0 Å². The van der Waals surface area contributed by atoms with Gasteiger partial charge in [-0.3, -0.25) is 0 Å². The molecule has 1 aromatic rings. The van der Waals surface area contributed by atoms with E-state index in [1.807, 2.05) is 0 Å². The predicted molar refractivity (Wildman–Crippen MR) is 68.5 cm³/mol. The van der Waals surface area contributed by atoms with Crippen LogP contribution in [0.5, 0.6) is 0 Å². The van der Waals surface area contributed by atoms with Crippen molar-refractivity contribution in [3.63, 3.8) is 0 Å². The van der Waals surface area contributed by atoms with Crippen LogP contribution in [0.1, 0.15) is 43.9 Å². The van der Waals surface area contributed by atoms with Crippen molar-refractivity contribution in [3.05, 3.63) is 35.4 Å². The normalized spacial score (nSPS) is 14.8. The van der Waals surface area contributed by atoms with Gasteiger partial charge >= 0.3 is 0 Å². The highest BCUT2D eigenvalue weighted by molar-refractivity contribution is 5.24. The second-order valence-corrected chi connectivity index (χ2v) is 4.45. The molecule has 2 atom stereocenters. The summed E-state index contributed by atoms with van der Waals surface area (Å²) < 4.78 is 0. The molecule has 16 heavy (non-hydrogen) atoms. The van der Waals surface area contributed by atoms with Gasteiger partial charge in [0.15, 0.2) is 0 Å². The van der Waals surface area contributed by atoms with E-state index in [1.165, 1.54) is 11.1 Å². The molecule has 0 aliphatic carbocycles. The number of hydrogen-bond acceptors (Lipinski definition) is 2. The van der Waals surface area contributed by atoms with Gasteiger partial charge in [-0.15, -0.1) is 0 Å². The molecule has 0 aliphatic rings. The van der Waals surface area contributed by atoms with Crippen LogP contribution in [0, 0.1) is 6.92 Å². The van der Waals surface area contributed by atoms with E-state index in [1.54, 1.807) is 0 Å². The van der Waals surface area contributed by atoms with Crippen molar-refractivity contribution in [1.29, 1.82) is 0 Å². The molecule has 1 rings (SSSR count). The van der Waals surface area contributed by atoms with E-state index in [-0.39, 0.29) is 6.61 Å². The number of rotatable bonds is 6. The molecule has 2 nitrogen and oxygen atoms in total. The van der Waals surface area contributed by atoms with Crippen molar-refractivity contribution < 1.29 is 5.11 Å². The van der Waals surface area contributed by atoms with Gasteiger partial charge in [0.05, 0.1) is 0 Å². The standard InChI is InChI=1S/C14H23NO/c1-4-14(15-12(3)9-10-16)13-7-5-11(2)6-8-13/h5-8,12,14-16H,4,9-10H2,1-3H3. The summed E-state index contributed by atoms with van der Waals surface area (Å²) in [6, 6.07) is 9.41. The summed E-state index contributed by atoms with van der Waals surface area (Å²) in [4.78, 5) is 0. The maximum Gasteiger partial charge on any atom is 0.0445 e. The molecular formula is C14H23NO. The van der Waals surface area contributed by atoms with E-state index >= 15 is 0 Å². The third-order valence-corrected chi connectivity index (χ3v) is 2.94. The Morgan fingerprint density at radius 1 is 1.25 bits per heavy atom. The lowest BCUT2D eigenvalue weighted by Crippen LogP contribution is -2.30. The fourth-order valence-electron chi connectivity index (χ4n) is 1.87. The van der Waals surface area contributed by atoms with Gasteiger partial charge < -0.3 is 10.4 Å². The van der Waals surface area contributed by atoms with Crippen LogP contribution in [0.2, 0.25) is 0 Å². The van der Waals surface area contributed by atoms with E-state index in [0.29, 0.717) is 12.1 Å². The lowest BCUT2D eigenvalue weighted by atomic mass is 10.0. The molecular weight excluding hydrogens is 198 g/mol. The monoisotopic (exact) mass is 221 g/mol. The van der Waals surface area contributed by atoms with Gasteiger partial charge in [0, 0.05) is 18.7 Å². The number of aryl methyl sites for hydroxylation is 1. The maximum atomic E-state index is 8.89. The first kappa shape index (κ1) is 13.2. The fraction of sp³-hybridized carbons (Fsp3) is 0.571. The van der Waals surface area contributed by atoms with E-state index in [2.05, 4.69) is 50.4 Å². The fourth-order valence-corrected chi connectivity index (χ4v) is 1.87. The molecule has 0 aliphatic heterocycles. The summed E-state index contributed by atoms with van der Waals surface area (Å²) in [5.74, 6) is 0. The lowest BCUT2D eigenvalue weighted by Gasteiger charge is -2.22. The van der Waals surface area contributed by atoms with E-state index in [9.17, 15) is 0 Å². The molecule has 0 heterocycles. The van der Waals surface area contributed by atoms with Crippen molar-refractivity contribution in [1.82, 2.24) is 5.32 Å². The molecule has 2 unspecified atom stereocenters. The largest absolute Gasteiger partial charge is 0.396 e. The summed E-state index contributed by atoms with van der Waals surface area (Å²) in [5.41, 5.74) is 2.62. The quantitative estimate of drug-likeness (QED) is 0.774. The number of aliphatic hydroxyl groups is 1. The van der Waals surface area contributed by atoms with Crippen LogP contribution in [0.15, 0.2) is 24.3 Å². The Balaban J connectivity index is 2.63. The first-order chi connectivity index (χ1) is 7.67. The average molecular weight is 221 g/mol. The summed E-state index contributed by atoms with van der Waals surface area (Å²) in [6.07, 6.45) is 1.88. The highest BCUT2D eigenvalue weighted by atomic mass is 16.3. The van der Waals surface area contributed by atoms with Crippen molar-refractivity contribution in [2.45, 2.75) is 45.7 Å². The molecule has 2 heteroatoms. The molecule has 0 bridgehead atoms. The van der Waals surface area contributed by atoms with E-state index < -0.39 is 0 Å². The SMILES string of the molecule is CCC(NC(C)CCO)c1ccc(C)cc1. The van der Waals surface area contributed by atoms with E-state index in [0.717, 1.165) is 12.8 Å². The molecule has 0 radical (unpaired) electrons. The van der Waals surface area contributed by atoms with Crippen LogP contribution in [0.3, 0.4) is 0 Å². The van der Waals surface area contributed by atoms with E-state index in [4.69, 9.17) is 5.11 Å². The average Bonchev–Trinajstić information content (AvgIpc) is 2.27. The van der Waals surface area contributed by atoms with Gasteiger partial charge in [0.1, 0.15) is 0 Å². The molecule has 2 N–H and O–H groups in total. The number of aliphatic hydroxyl groups excluding tert-OH is 1. The molecule has 0 fully saturated rings. The Hall–Kier alpha value is -0.860. The molecule has 0 aromatic heterocycles. The Labute approximate surface area is 98.7 Å². The summed E-state index contributed by atoms with van der Waals surface area (Å²) >= 11 is 0. The maximum absolute atomic E-state index is 8.89. The van der Waals surface area contributed by atoms with Gasteiger partial charge in [-0.25, -0.2) is 0 Å². The summed E-state index contributed by atoms with van der Waals surface area (Å²) in [7, 11) is 0. The van der Waals surface area contributed by atoms with Gasteiger partial charge in [-0.05, 0) is 32.3 Å². The van der Waals surface area contributed by atoms with Gasteiger partial charge in [0.25, 0.3) is 0 Å². The molecule has 0 spiro atoms. The smallest absolute Gasteiger partial charge is 0.0445 e. The lowest BCUT2D eigenvalue weighted by molar-refractivity contribution is 0.262. The van der Waals surface area contributed by atoms with Crippen LogP contribution >= 0.6 is 0 Å². The first-order valence-electron chi connectivity index (χ1n) is 6.10. The highest BCUT2D eigenvalue weighted by Gasteiger charge is 2.11. The minimum absolute atomic E-state index is 0.249. The van der Waals surface area contributed by atoms with Gasteiger partial charge in [-0.2, -0.15) is 0 Å².